The molecule has 1 aliphatic rings. The van der Waals surface area contributed by atoms with Crippen LogP contribution < -0.4 is 11.1 Å². The van der Waals surface area contributed by atoms with Crippen LogP contribution in [-0.2, 0) is 9.59 Å². The van der Waals surface area contributed by atoms with E-state index in [-0.39, 0.29) is 11.1 Å². The number of nitriles is 1. The fourth-order valence-corrected chi connectivity index (χ4v) is 3.53. The van der Waals surface area contributed by atoms with Gasteiger partial charge < -0.3 is 16.0 Å². The van der Waals surface area contributed by atoms with E-state index in [1.807, 2.05) is 0 Å². The highest BCUT2D eigenvalue weighted by Gasteiger charge is 2.47. The molecular weight excluding hydrogens is 408 g/mol. The quantitative estimate of drug-likeness (QED) is 0.715. The summed E-state index contributed by atoms with van der Waals surface area (Å²) in [6.07, 6.45) is 1.94. The molecular formula is C21H19F2N5O3. The first-order chi connectivity index (χ1) is 14.7. The number of benzene rings is 1. The molecule has 8 nitrogen and oxygen atoms in total. The van der Waals surface area contributed by atoms with E-state index in [2.05, 4.69) is 10.3 Å². The van der Waals surface area contributed by atoms with Gasteiger partial charge in [0, 0.05) is 29.9 Å². The molecule has 3 N–H and O–H groups in total. The van der Waals surface area contributed by atoms with Crippen LogP contribution in [0, 0.1) is 11.3 Å². The molecule has 0 aliphatic carbocycles. The number of nitrogens with two attached hydrogens (primary N) is 1. The molecule has 2 atom stereocenters. The second-order valence-corrected chi connectivity index (χ2v) is 7.12. The van der Waals surface area contributed by atoms with Crippen molar-refractivity contribution in [1.29, 1.82) is 5.26 Å². The van der Waals surface area contributed by atoms with Gasteiger partial charge in [0.1, 0.15) is 6.04 Å². The topological polar surface area (TPSA) is 129 Å². The summed E-state index contributed by atoms with van der Waals surface area (Å²) in [5.74, 6) is -6.30. The number of amides is 3. The molecule has 3 amide bonds. The minimum atomic E-state index is -3.15. The molecule has 160 valence electrons. The van der Waals surface area contributed by atoms with E-state index >= 15 is 0 Å². The number of nitrogens with one attached hydrogen (secondary N) is 1. The van der Waals surface area contributed by atoms with Gasteiger partial charge in [-0.15, -0.1) is 0 Å². The third-order valence-electron chi connectivity index (χ3n) is 4.96. The second kappa shape index (κ2) is 8.87. The SMILES string of the molecule is N#CC1CC(F)(F)CN1C(=O)CNC(=O)c1ccncc1C(C(N)=O)c1ccccc1. The number of carbonyl (C=O) groups excluding carboxylic acids is 3. The smallest absolute Gasteiger partial charge is 0.268 e. The van der Waals surface area contributed by atoms with Crippen LogP contribution >= 0.6 is 0 Å². The van der Waals surface area contributed by atoms with Crippen LogP contribution in [0.2, 0.25) is 0 Å². The zero-order chi connectivity index (χ0) is 22.6. The minimum absolute atomic E-state index is 0.0686. The number of rotatable bonds is 6. The number of hydrogen-bond acceptors (Lipinski definition) is 5. The van der Waals surface area contributed by atoms with Crippen LogP contribution in [0.15, 0.2) is 48.8 Å². The number of aromatic nitrogens is 1. The van der Waals surface area contributed by atoms with Gasteiger partial charge in [0.15, 0.2) is 0 Å². The Morgan fingerprint density at radius 2 is 2.00 bits per heavy atom. The van der Waals surface area contributed by atoms with Crippen molar-refractivity contribution >= 4 is 17.7 Å². The fourth-order valence-electron chi connectivity index (χ4n) is 3.53. The first-order valence-corrected chi connectivity index (χ1v) is 9.37. The molecule has 2 unspecified atom stereocenters. The van der Waals surface area contributed by atoms with Crippen molar-refractivity contribution in [3.05, 3.63) is 65.5 Å². The molecule has 31 heavy (non-hydrogen) atoms. The fraction of sp³-hybridized carbons (Fsp3) is 0.286. The number of alkyl halides is 2. The highest BCUT2D eigenvalue weighted by Crippen LogP contribution is 2.31. The van der Waals surface area contributed by atoms with Gasteiger partial charge in [0.25, 0.3) is 11.8 Å². The van der Waals surface area contributed by atoms with E-state index in [1.165, 1.54) is 18.5 Å². The summed E-state index contributed by atoms with van der Waals surface area (Å²) < 4.78 is 27.1. The lowest BCUT2D eigenvalue weighted by atomic mass is 9.88. The number of halogens is 2. The molecule has 0 saturated carbocycles. The largest absolute Gasteiger partial charge is 0.369 e. The van der Waals surface area contributed by atoms with Crippen molar-refractivity contribution in [2.45, 2.75) is 24.3 Å². The Hall–Kier alpha value is -3.87. The zero-order valence-electron chi connectivity index (χ0n) is 16.3. The van der Waals surface area contributed by atoms with Crippen LogP contribution in [0.4, 0.5) is 8.78 Å². The van der Waals surface area contributed by atoms with Crippen molar-refractivity contribution in [2.75, 3.05) is 13.1 Å². The standard InChI is InChI=1S/C21H19F2N5O3/c22-21(23)8-14(9-24)28(12-21)17(29)11-27-20(31)15-6-7-26-10-16(15)18(19(25)30)13-4-2-1-3-5-13/h1-7,10,14,18H,8,11-12H2,(H2,25,30)(H,27,31). The molecule has 2 heterocycles. The lowest BCUT2D eigenvalue weighted by Crippen LogP contribution is -2.43. The highest BCUT2D eigenvalue weighted by atomic mass is 19.3. The summed E-state index contributed by atoms with van der Waals surface area (Å²) in [7, 11) is 0. The van der Waals surface area contributed by atoms with Crippen molar-refractivity contribution in [3.63, 3.8) is 0 Å². The molecule has 1 aromatic carbocycles. The van der Waals surface area contributed by atoms with Crippen LogP contribution in [0.25, 0.3) is 0 Å². The summed E-state index contributed by atoms with van der Waals surface area (Å²) in [4.78, 5) is 41.9. The van der Waals surface area contributed by atoms with Gasteiger partial charge in [-0.05, 0) is 11.6 Å². The van der Waals surface area contributed by atoms with Crippen LogP contribution in [0.1, 0.15) is 33.8 Å². The molecule has 3 rings (SSSR count). The van der Waals surface area contributed by atoms with Crippen molar-refractivity contribution in [2.24, 2.45) is 5.73 Å². The van der Waals surface area contributed by atoms with E-state index in [0.717, 1.165) is 4.90 Å². The van der Waals surface area contributed by atoms with Gasteiger partial charge in [0.2, 0.25) is 11.8 Å². The summed E-state index contributed by atoms with van der Waals surface area (Å²) in [5.41, 5.74) is 6.44. The van der Waals surface area contributed by atoms with Gasteiger partial charge in [-0.25, -0.2) is 8.78 Å². The van der Waals surface area contributed by atoms with Crippen LogP contribution in [0.5, 0.6) is 0 Å². The Labute approximate surface area is 176 Å². The molecule has 1 aliphatic heterocycles. The number of likely N-dealkylation sites (tertiary alicyclic amines) is 1. The average molecular weight is 427 g/mol. The number of primary amides is 1. The Bertz CT molecular complexity index is 1040. The number of carbonyl (C=O) groups is 3. The molecule has 0 radical (unpaired) electrons. The van der Waals surface area contributed by atoms with Gasteiger partial charge in [-0.3, -0.25) is 19.4 Å². The normalized spacial score (nSPS) is 18.1. The first-order valence-electron chi connectivity index (χ1n) is 9.37. The first kappa shape index (κ1) is 21.8. The summed E-state index contributed by atoms with van der Waals surface area (Å²) in [6, 6.07) is 10.4. The zero-order valence-corrected chi connectivity index (χ0v) is 16.3. The predicted octanol–water partition coefficient (Wildman–Crippen LogP) is 1.19. The average Bonchev–Trinajstić information content (AvgIpc) is 3.07. The van der Waals surface area contributed by atoms with Gasteiger partial charge >= 0.3 is 0 Å². The predicted molar refractivity (Wildman–Crippen MR) is 105 cm³/mol. The monoisotopic (exact) mass is 427 g/mol. The lowest BCUT2D eigenvalue weighted by Gasteiger charge is -2.20. The third-order valence-corrected chi connectivity index (χ3v) is 4.96. The van der Waals surface area contributed by atoms with E-state index in [9.17, 15) is 23.2 Å². The highest BCUT2D eigenvalue weighted by molar-refractivity contribution is 6.00. The minimum Gasteiger partial charge on any atom is -0.369 e. The molecule has 0 bridgehead atoms. The van der Waals surface area contributed by atoms with Gasteiger partial charge in [-0.1, -0.05) is 30.3 Å². The lowest BCUT2D eigenvalue weighted by molar-refractivity contribution is -0.131. The summed E-state index contributed by atoms with van der Waals surface area (Å²) in [5, 5.41) is 11.4. The Morgan fingerprint density at radius 3 is 2.65 bits per heavy atom. The van der Waals surface area contributed by atoms with Crippen molar-refractivity contribution in [1.82, 2.24) is 15.2 Å². The number of nitrogens with zero attached hydrogens (tertiary/aromatic N) is 3. The van der Waals surface area contributed by atoms with E-state index in [1.54, 1.807) is 36.4 Å². The van der Waals surface area contributed by atoms with Crippen LogP contribution in [-0.4, -0.2) is 52.7 Å². The van der Waals surface area contributed by atoms with Crippen LogP contribution in [0.3, 0.4) is 0 Å². The van der Waals surface area contributed by atoms with Gasteiger partial charge in [-0.2, -0.15) is 5.26 Å². The molecule has 0 spiro atoms. The van der Waals surface area contributed by atoms with Crippen molar-refractivity contribution < 1.29 is 23.2 Å². The number of pyridine rings is 1. The van der Waals surface area contributed by atoms with E-state index in [4.69, 9.17) is 11.0 Å². The molecule has 1 aromatic heterocycles. The molecule has 2 aromatic rings. The Balaban J connectivity index is 1.78. The maximum absolute atomic E-state index is 13.6. The summed E-state index contributed by atoms with van der Waals surface area (Å²) >= 11 is 0. The van der Waals surface area contributed by atoms with Gasteiger partial charge in [0.05, 0.1) is 25.1 Å². The third kappa shape index (κ3) is 4.83. The molecule has 10 heteroatoms. The van der Waals surface area contributed by atoms with E-state index in [0.29, 0.717) is 5.56 Å². The number of hydrogen-bond donors (Lipinski definition) is 2. The second-order valence-electron chi connectivity index (χ2n) is 7.12. The van der Waals surface area contributed by atoms with E-state index < -0.39 is 55.1 Å². The summed E-state index contributed by atoms with van der Waals surface area (Å²) in [6.45, 7) is -1.46. The maximum Gasteiger partial charge on any atom is 0.268 e. The Kier molecular flexibility index (Phi) is 6.25. The van der Waals surface area contributed by atoms with Crippen molar-refractivity contribution in [3.8, 4) is 6.07 Å². The maximum atomic E-state index is 13.6. The molecule has 1 saturated heterocycles. The Morgan fingerprint density at radius 1 is 1.29 bits per heavy atom. The molecule has 1 fully saturated rings.